The molecule has 0 saturated heterocycles. The molecule has 0 aromatic heterocycles. The Morgan fingerprint density at radius 2 is 1.64 bits per heavy atom. The van der Waals surface area contributed by atoms with Crippen LogP contribution >= 0.6 is 0 Å². The highest BCUT2D eigenvalue weighted by Crippen LogP contribution is 2.45. The molecule has 0 bridgehead atoms. The molecular weight excluding hydrogens is 496 g/mol. The van der Waals surface area contributed by atoms with Crippen LogP contribution in [0.25, 0.3) is 0 Å². The molecule has 6 atom stereocenters. The van der Waals surface area contributed by atoms with E-state index in [0.717, 1.165) is 55.4 Å². The van der Waals surface area contributed by atoms with Gasteiger partial charge >= 0.3 is 0 Å². The summed E-state index contributed by atoms with van der Waals surface area (Å²) in [7, 11) is 5.04. The highest BCUT2D eigenvalue weighted by molar-refractivity contribution is 6.00. The zero-order chi connectivity index (χ0) is 28.1. The van der Waals surface area contributed by atoms with Crippen LogP contribution in [0.3, 0.4) is 0 Å². The molecule has 7 nitrogen and oxygen atoms in total. The maximum atomic E-state index is 14.0. The highest BCUT2D eigenvalue weighted by atomic mass is 16.6. The molecule has 1 heterocycles. The summed E-state index contributed by atoms with van der Waals surface area (Å²) < 4.78 is 30.0. The molecule has 0 aromatic rings. The molecule has 218 valence electrons. The molecule has 1 aliphatic heterocycles. The number of carbonyl (C=O) groups excluding carboxylic acids is 2. The summed E-state index contributed by atoms with van der Waals surface area (Å²) in [5, 5.41) is 0. The van der Waals surface area contributed by atoms with Gasteiger partial charge in [0.15, 0.2) is 11.6 Å². The SMILES string of the molecule is C=C(C)COC1CCC2C(=O)C(C)=C(C3CCCCC3)OC2C1C(=O)C=CC1CC(OC)C(OC)C(OC)C1. The van der Waals surface area contributed by atoms with E-state index < -0.39 is 12.0 Å². The lowest BCUT2D eigenvalue weighted by molar-refractivity contribution is -0.152. The van der Waals surface area contributed by atoms with Crippen molar-refractivity contribution < 1.29 is 33.3 Å². The van der Waals surface area contributed by atoms with Gasteiger partial charge in [-0.3, -0.25) is 9.59 Å². The number of Topliss-reactive ketones (excluding diaryl/α,β-unsaturated/α-hetero) is 1. The standard InChI is InChI=1S/C32H48O7/c1-19(2)18-38-25-15-13-23-29(34)20(3)30(22-10-8-7-9-11-22)39-31(23)28(25)24(33)14-12-21-16-26(35-4)32(37-6)27(17-21)36-5/h12,14,21-23,25-28,31-32H,1,7-11,13,15-18H2,2-6H3. The van der Waals surface area contributed by atoms with Crippen LogP contribution in [-0.2, 0) is 33.3 Å². The van der Waals surface area contributed by atoms with Crippen molar-refractivity contribution in [3.8, 4) is 0 Å². The van der Waals surface area contributed by atoms with Gasteiger partial charge in [0.1, 0.15) is 18.0 Å². The summed E-state index contributed by atoms with van der Waals surface area (Å²) in [4.78, 5) is 27.6. The molecule has 3 aliphatic carbocycles. The van der Waals surface area contributed by atoms with Crippen molar-refractivity contribution in [3.63, 3.8) is 0 Å². The zero-order valence-electron chi connectivity index (χ0n) is 24.5. The Kier molecular flexibility index (Phi) is 10.6. The third-order valence-corrected chi connectivity index (χ3v) is 9.31. The van der Waals surface area contributed by atoms with E-state index in [1.54, 1.807) is 27.4 Å². The van der Waals surface area contributed by atoms with Crippen LogP contribution < -0.4 is 0 Å². The van der Waals surface area contributed by atoms with E-state index in [9.17, 15) is 9.59 Å². The minimum atomic E-state index is -0.540. The second-order valence-corrected chi connectivity index (χ2v) is 12.0. The lowest BCUT2D eigenvalue weighted by Gasteiger charge is -2.45. The van der Waals surface area contributed by atoms with Gasteiger partial charge in [-0.25, -0.2) is 0 Å². The van der Waals surface area contributed by atoms with Crippen molar-refractivity contribution in [2.24, 2.45) is 23.7 Å². The second-order valence-electron chi connectivity index (χ2n) is 12.0. The Hall–Kier alpha value is -1.80. The fourth-order valence-corrected chi connectivity index (χ4v) is 7.23. The Morgan fingerprint density at radius 1 is 0.974 bits per heavy atom. The Labute approximate surface area is 234 Å². The van der Waals surface area contributed by atoms with Crippen molar-refractivity contribution in [2.45, 2.75) is 102 Å². The number of ketones is 2. The van der Waals surface area contributed by atoms with E-state index in [0.29, 0.717) is 19.4 Å². The van der Waals surface area contributed by atoms with Gasteiger partial charge < -0.3 is 23.7 Å². The molecule has 0 spiro atoms. The van der Waals surface area contributed by atoms with E-state index >= 15 is 0 Å². The first kappa shape index (κ1) is 30.2. The van der Waals surface area contributed by atoms with Crippen LogP contribution in [0.2, 0.25) is 0 Å². The zero-order valence-corrected chi connectivity index (χ0v) is 24.5. The van der Waals surface area contributed by atoms with Gasteiger partial charge in [-0.05, 0) is 64.4 Å². The summed E-state index contributed by atoms with van der Waals surface area (Å²) in [5.41, 5.74) is 1.67. The number of carbonyl (C=O) groups is 2. The number of ether oxygens (including phenoxy) is 5. The van der Waals surface area contributed by atoms with Crippen LogP contribution in [0.5, 0.6) is 0 Å². The third kappa shape index (κ3) is 6.75. The van der Waals surface area contributed by atoms with Crippen molar-refractivity contribution in [3.05, 3.63) is 35.6 Å². The third-order valence-electron chi connectivity index (χ3n) is 9.31. The number of hydrogen-bond acceptors (Lipinski definition) is 7. The van der Waals surface area contributed by atoms with Gasteiger partial charge in [0.2, 0.25) is 0 Å². The minimum Gasteiger partial charge on any atom is -0.492 e. The Morgan fingerprint density at radius 3 is 2.23 bits per heavy atom. The van der Waals surface area contributed by atoms with Gasteiger partial charge in [-0.1, -0.05) is 37.5 Å². The smallest absolute Gasteiger partial charge is 0.168 e. The summed E-state index contributed by atoms with van der Waals surface area (Å²) >= 11 is 0. The molecule has 4 rings (SSSR count). The van der Waals surface area contributed by atoms with Crippen molar-refractivity contribution in [1.29, 1.82) is 0 Å². The quantitative estimate of drug-likeness (QED) is 0.270. The van der Waals surface area contributed by atoms with E-state index in [1.165, 1.54) is 6.42 Å². The molecular formula is C32H48O7. The molecule has 39 heavy (non-hydrogen) atoms. The molecule has 0 N–H and O–H groups in total. The summed E-state index contributed by atoms with van der Waals surface area (Å²) in [6.07, 6.45) is 10.9. The molecule has 7 heteroatoms. The average molecular weight is 545 g/mol. The molecule has 4 aliphatic rings. The average Bonchev–Trinajstić information content (AvgIpc) is 2.95. The minimum absolute atomic E-state index is 0.0384. The van der Waals surface area contributed by atoms with E-state index in [1.807, 2.05) is 19.9 Å². The van der Waals surface area contributed by atoms with Gasteiger partial charge in [0.05, 0.1) is 36.8 Å². The van der Waals surface area contributed by atoms with Gasteiger partial charge in [-0.2, -0.15) is 0 Å². The molecule has 0 radical (unpaired) electrons. The van der Waals surface area contributed by atoms with E-state index in [4.69, 9.17) is 23.7 Å². The number of methoxy groups -OCH3 is 3. The fraction of sp³-hybridized carbons (Fsp3) is 0.750. The largest absolute Gasteiger partial charge is 0.492 e. The number of hydrogen-bond donors (Lipinski definition) is 0. The van der Waals surface area contributed by atoms with E-state index in [-0.39, 0.29) is 53.7 Å². The van der Waals surface area contributed by atoms with Crippen molar-refractivity contribution in [2.75, 3.05) is 27.9 Å². The predicted octanol–water partition coefficient (Wildman–Crippen LogP) is 5.38. The first-order chi connectivity index (χ1) is 18.8. The lowest BCUT2D eigenvalue weighted by atomic mass is 9.69. The summed E-state index contributed by atoms with van der Waals surface area (Å²) in [6.45, 7) is 8.20. The molecule has 3 fully saturated rings. The molecule has 3 saturated carbocycles. The molecule has 0 amide bonds. The van der Waals surface area contributed by atoms with Gasteiger partial charge in [0, 0.05) is 32.8 Å². The maximum Gasteiger partial charge on any atom is 0.168 e. The van der Waals surface area contributed by atoms with Crippen LogP contribution in [0.1, 0.15) is 71.6 Å². The topological polar surface area (TPSA) is 80.3 Å². The first-order valence-electron chi connectivity index (χ1n) is 14.8. The van der Waals surface area contributed by atoms with Crippen LogP contribution in [0.15, 0.2) is 35.6 Å². The lowest BCUT2D eigenvalue weighted by Crippen LogP contribution is -2.53. The van der Waals surface area contributed by atoms with Crippen molar-refractivity contribution in [1.82, 2.24) is 0 Å². The second kappa shape index (κ2) is 13.7. The Bertz CT molecular complexity index is 932. The van der Waals surface area contributed by atoms with E-state index in [2.05, 4.69) is 6.58 Å². The van der Waals surface area contributed by atoms with Crippen LogP contribution in [0.4, 0.5) is 0 Å². The molecule has 0 aromatic carbocycles. The highest BCUT2D eigenvalue weighted by Gasteiger charge is 2.51. The maximum absolute atomic E-state index is 14.0. The normalized spacial score (nSPS) is 36.1. The number of allylic oxidation sites excluding steroid dienone is 4. The summed E-state index contributed by atoms with van der Waals surface area (Å²) in [5.74, 6) is 0.461. The van der Waals surface area contributed by atoms with Gasteiger partial charge in [0.25, 0.3) is 0 Å². The number of fused-ring (bicyclic) bond motifs is 1. The predicted molar refractivity (Wildman–Crippen MR) is 149 cm³/mol. The molecule has 6 unspecified atom stereocenters. The van der Waals surface area contributed by atoms with Gasteiger partial charge in [-0.15, -0.1) is 0 Å². The Balaban J connectivity index is 1.57. The van der Waals surface area contributed by atoms with Crippen molar-refractivity contribution >= 4 is 11.6 Å². The number of rotatable bonds is 10. The monoisotopic (exact) mass is 544 g/mol. The van der Waals surface area contributed by atoms with Crippen LogP contribution in [0, 0.1) is 23.7 Å². The summed E-state index contributed by atoms with van der Waals surface area (Å²) in [6, 6.07) is 0. The first-order valence-corrected chi connectivity index (χ1v) is 14.8. The fourth-order valence-electron chi connectivity index (χ4n) is 7.23. The van der Waals surface area contributed by atoms with Crippen LogP contribution in [-0.4, -0.2) is 70.0 Å².